The molecule has 2 atom stereocenters. The summed E-state index contributed by atoms with van der Waals surface area (Å²) in [5, 5.41) is 9.09. The number of aliphatic hydroxyl groups excluding tert-OH is 1. The number of hydrogen-bond acceptors (Lipinski definition) is 4. The molecule has 88 valence electrons. The second kappa shape index (κ2) is 5.39. The number of ether oxygens (including phenoxy) is 1. The fraction of sp³-hybridized carbons (Fsp3) is 0.583. The smallest absolute Gasteiger partial charge is 0.0933 e. The normalized spacial score (nSPS) is 26.9. The Kier molecular flexibility index (Phi) is 3.88. The number of aliphatic hydroxyl groups is 1. The highest BCUT2D eigenvalue weighted by Crippen LogP contribution is 2.14. The fourth-order valence-corrected chi connectivity index (χ4v) is 1.91. The number of morpholine rings is 1. The molecule has 0 radical (unpaired) electrons. The van der Waals surface area contributed by atoms with Gasteiger partial charge in [-0.1, -0.05) is 6.07 Å². The number of aromatic nitrogens is 1. The summed E-state index contributed by atoms with van der Waals surface area (Å²) < 4.78 is 5.50. The van der Waals surface area contributed by atoms with E-state index in [-0.39, 0.29) is 12.7 Å². The molecule has 0 aromatic carbocycles. The molecular weight excluding hydrogens is 204 g/mol. The third-order valence-corrected chi connectivity index (χ3v) is 2.93. The van der Waals surface area contributed by atoms with Crippen molar-refractivity contribution in [3.63, 3.8) is 0 Å². The number of hydrogen-bond donors (Lipinski definition) is 1. The van der Waals surface area contributed by atoms with Crippen LogP contribution >= 0.6 is 0 Å². The van der Waals surface area contributed by atoms with Crippen LogP contribution in [-0.2, 0) is 11.3 Å². The molecule has 0 saturated carbocycles. The zero-order chi connectivity index (χ0) is 11.4. The lowest BCUT2D eigenvalue weighted by Gasteiger charge is -2.37. The van der Waals surface area contributed by atoms with Crippen LogP contribution in [0.1, 0.15) is 12.6 Å². The maximum absolute atomic E-state index is 9.09. The minimum absolute atomic E-state index is 0.0556. The van der Waals surface area contributed by atoms with Gasteiger partial charge in [0.15, 0.2) is 0 Å². The molecule has 2 unspecified atom stereocenters. The highest BCUT2D eigenvalue weighted by Gasteiger charge is 2.25. The number of nitrogens with zero attached hydrogens (tertiary/aromatic N) is 2. The summed E-state index contributed by atoms with van der Waals surface area (Å²) in [7, 11) is 0. The highest BCUT2D eigenvalue weighted by molar-refractivity contribution is 5.03. The van der Waals surface area contributed by atoms with Crippen molar-refractivity contribution in [2.45, 2.75) is 25.6 Å². The van der Waals surface area contributed by atoms with Crippen molar-refractivity contribution in [3.8, 4) is 0 Å². The quantitative estimate of drug-likeness (QED) is 0.816. The summed E-state index contributed by atoms with van der Waals surface area (Å²) in [5.74, 6) is 0. The lowest BCUT2D eigenvalue weighted by molar-refractivity contribution is -0.0808. The van der Waals surface area contributed by atoms with Gasteiger partial charge in [0.05, 0.1) is 25.0 Å². The van der Waals surface area contributed by atoms with Crippen molar-refractivity contribution >= 4 is 0 Å². The van der Waals surface area contributed by atoms with Crippen molar-refractivity contribution in [1.29, 1.82) is 0 Å². The first kappa shape index (κ1) is 11.5. The minimum atomic E-state index is -0.0556. The SMILES string of the molecule is CC1COC(CO)CN1Cc1ccccn1. The number of rotatable bonds is 3. The van der Waals surface area contributed by atoms with Crippen molar-refractivity contribution in [2.24, 2.45) is 0 Å². The summed E-state index contributed by atoms with van der Waals surface area (Å²) in [5.41, 5.74) is 1.06. The number of pyridine rings is 1. The summed E-state index contributed by atoms with van der Waals surface area (Å²) >= 11 is 0. The van der Waals surface area contributed by atoms with Gasteiger partial charge in [-0.15, -0.1) is 0 Å². The lowest BCUT2D eigenvalue weighted by atomic mass is 10.2. The molecule has 0 aliphatic carbocycles. The van der Waals surface area contributed by atoms with Gasteiger partial charge in [-0.3, -0.25) is 9.88 Å². The molecular formula is C12H18N2O2. The van der Waals surface area contributed by atoms with Gasteiger partial charge in [0.25, 0.3) is 0 Å². The molecule has 1 aromatic rings. The molecule has 1 fully saturated rings. The average Bonchev–Trinajstić information content (AvgIpc) is 2.33. The maximum Gasteiger partial charge on any atom is 0.0933 e. The van der Waals surface area contributed by atoms with Crippen molar-refractivity contribution in [3.05, 3.63) is 30.1 Å². The van der Waals surface area contributed by atoms with Gasteiger partial charge in [0.2, 0.25) is 0 Å². The lowest BCUT2D eigenvalue weighted by Crippen LogP contribution is -2.48. The van der Waals surface area contributed by atoms with Crippen LogP contribution in [0.5, 0.6) is 0 Å². The first-order valence-corrected chi connectivity index (χ1v) is 5.66. The van der Waals surface area contributed by atoms with Crippen LogP contribution < -0.4 is 0 Å². The van der Waals surface area contributed by atoms with Crippen LogP contribution in [-0.4, -0.2) is 46.9 Å². The van der Waals surface area contributed by atoms with Gasteiger partial charge in [0, 0.05) is 25.3 Å². The van der Waals surface area contributed by atoms with Crippen LogP contribution in [0.25, 0.3) is 0 Å². The Morgan fingerprint density at radius 3 is 3.12 bits per heavy atom. The Labute approximate surface area is 95.9 Å². The van der Waals surface area contributed by atoms with Crippen LogP contribution in [0.3, 0.4) is 0 Å². The standard InChI is InChI=1S/C12H18N2O2/c1-10-9-16-12(8-15)7-14(10)6-11-4-2-3-5-13-11/h2-5,10,12,15H,6-9H2,1H3. The van der Waals surface area contributed by atoms with E-state index < -0.39 is 0 Å². The van der Waals surface area contributed by atoms with E-state index in [1.807, 2.05) is 24.4 Å². The first-order valence-electron chi connectivity index (χ1n) is 5.66. The van der Waals surface area contributed by atoms with Gasteiger partial charge in [-0.2, -0.15) is 0 Å². The van der Waals surface area contributed by atoms with E-state index in [2.05, 4.69) is 16.8 Å². The third-order valence-electron chi connectivity index (χ3n) is 2.93. The largest absolute Gasteiger partial charge is 0.394 e. The summed E-state index contributed by atoms with van der Waals surface area (Å²) in [4.78, 5) is 6.61. The average molecular weight is 222 g/mol. The Morgan fingerprint density at radius 2 is 2.44 bits per heavy atom. The molecule has 1 N–H and O–H groups in total. The van der Waals surface area contributed by atoms with Crippen LogP contribution in [0.15, 0.2) is 24.4 Å². The Hall–Kier alpha value is -0.970. The Morgan fingerprint density at radius 1 is 1.56 bits per heavy atom. The van der Waals surface area contributed by atoms with Crippen molar-refractivity contribution < 1.29 is 9.84 Å². The first-order chi connectivity index (χ1) is 7.79. The van der Waals surface area contributed by atoms with Gasteiger partial charge in [-0.05, 0) is 19.1 Å². The molecule has 1 aliphatic rings. The van der Waals surface area contributed by atoms with Gasteiger partial charge < -0.3 is 9.84 Å². The van der Waals surface area contributed by atoms with E-state index >= 15 is 0 Å². The Bertz CT molecular complexity index is 318. The molecule has 1 saturated heterocycles. The van der Waals surface area contributed by atoms with E-state index in [4.69, 9.17) is 9.84 Å². The zero-order valence-corrected chi connectivity index (χ0v) is 9.54. The van der Waals surface area contributed by atoms with Crippen LogP contribution in [0.4, 0.5) is 0 Å². The molecule has 0 bridgehead atoms. The summed E-state index contributed by atoms with van der Waals surface area (Å²) in [6.07, 6.45) is 1.75. The highest BCUT2D eigenvalue weighted by atomic mass is 16.5. The molecule has 16 heavy (non-hydrogen) atoms. The van der Waals surface area contributed by atoms with Crippen LogP contribution in [0.2, 0.25) is 0 Å². The van der Waals surface area contributed by atoms with Crippen LogP contribution in [0, 0.1) is 0 Å². The molecule has 0 spiro atoms. The fourth-order valence-electron chi connectivity index (χ4n) is 1.91. The predicted octanol–water partition coefficient (Wildman–Crippen LogP) is 0.663. The molecule has 2 rings (SSSR count). The zero-order valence-electron chi connectivity index (χ0n) is 9.54. The molecule has 4 nitrogen and oxygen atoms in total. The maximum atomic E-state index is 9.09. The molecule has 0 amide bonds. The third kappa shape index (κ3) is 2.78. The summed E-state index contributed by atoms with van der Waals surface area (Å²) in [6, 6.07) is 6.32. The van der Waals surface area contributed by atoms with E-state index in [0.29, 0.717) is 12.6 Å². The topological polar surface area (TPSA) is 45.6 Å². The molecule has 1 aliphatic heterocycles. The van der Waals surface area contributed by atoms with E-state index in [1.165, 1.54) is 0 Å². The minimum Gasteiger partial charge on any atom is -0.394 e. The van der Waals surface area contributed by atoms with E-state index in [1.54, 1.807) is 0 Å². The van der Waals surface area contributed by atoms with Gasteiger partial charge >= 0.3 is 0 Å². The van der Waals surface area contributed by atoms with Crippen molar-refractivity contribution in [2.75, 3.05) is 19.8 Å². The Balaban J connectivity index is 1.97. The van der Waals surface area contributed by atoms with Gasteiger partial charge in [0.1, 0.15) is 0 Å². The second-order valence-corrected chi connectivity index (χ2v) is 4.24. The molecule has 2 heterocycles. The van der Waals surface area contributed by atoms with Gasteiger partial charge in [-0.25, -0.2) is 0 Å². The summed E-state index contributed by atoms with van der Waals surface area (Å²) in [6.45, 7) is 4.50. The molecule has 4 heteroatoms. The second-order valence-electron chi connectivity index (χ2n) is 4.24. The monoisotopic (exact) mass is 222 g/mol. The predicted molar refractivity (Wildman–Crippen MR) is 60.9 cm³/mol. The molecule has 1 aromatic heterocycles. The van der Waals surface area contributed by atoms with Crippen molar-refractivity contribution in [1.82, 2.24) is 9.88 Å². The van der Waals surface area contributed by atoms with E-state index in [0.717, 1.165) is 18.8 Å². The van der Waals surface area contributed by atoms with E-state index in [9.17, 15) is 0 Å².